The van der Waals surface area contributed by atoms with Gasteiger partial charge in [0.2, 0.25) is 0 Å². The van der Waals surface area contributed by atoms with Crippen LogP contribution in [0, 0.1) is 17.8 Å². The van der Waals surface area contributed by atoms with Gasteiger partial charge >= 0.3 is 0 Å². The Labute approximate surface area is 131 Å². The van der Waals surface area contributed by atoms with Gasteiger partial charge in [0.1, 0.15) is 5.82 Å². The van der Waals surface area contributed by atoms with Gasteiger partial charge in [-0.1, -0.05) is 47.6 Å². The highest BCUT2D eigenvalue weighted by molar-refractivity contribution is 5.39. The smallest absolute Gasteiger partial charge is 0.128 e. The molecular formula is C18H33N3. The van der Waals surface area contributed by atoms with Crippen LogP contribution in [0.15, 0.2) is 18.3 Å². The lowest BCUT2D eigenvalue weighted by molar-refractivity contribution is 0.546. The first-order chi connectivity index (χ1) is 9.88. The number of anilines is 1. The Morgan fingerprint density at radius 1 is 0.952 bits per heavy atom. The van der Waals surface area contributed by atoms with Gasteiger partial charge in [-0.2, -0.15) is 0 Å². The molecule has 0 saturated heterocycles. The molecule has 1 N–H and O–H groups in total. The lowest BCUT2D eigenvalue weighted by atomic mass is 10.1. The Morgan fingerprint density at radius 2 is 1.57 bits per heavy atom. The summed E-state index contributed by atoms with van der Waals surface area (Å²) in [5, 5.41) is 3.46. The molecular weight excluding hydrogens is 258 g/mol. The molecule has 0 atom stereocenters. The van der Waals surface area contributed by atoms with E-state index in [1.54, 1.807) is 0 Å². The van der Waals surface area contributed by atoms with E-state index < -0.39 is 0 Å². The second kappa shape index (κ2) is 9.04. The van der Waals surface area contributed by atoms with Gasteiger partial charge in [-0.05, 0) is 35.9 Å². The number of hydrogen-bond donors (Lipinski definition) is 1. The van der Waals surface area contributed by atoms with Crippen molar-refractivity contribution < 1.29 is 0 Å². The molecule has 0 spiro atoms. The molecule has 0 aliphatic rings. The van der Waals surface area contributed by atoms with Crippen LogP contribution in [-0.4, -0.2) is 24.6 Å². The fourth-order valence-corrected chi connectivity index (χ4v) is 2.36. The summed E-state index contributed by atoms with van der Waals surface area (Å²) >= 11 is 0. The fraction of sp³-hybridized carbons (Fsp3) is 0.722. The van der Waals surface area contributed by atoms with E-state index in [1.165, 1.54) is 5.56 Å². The van der Waals surface area contributed by atoms with Crippen LogP contribution in [0.3, 0.4) is 0 Å². The zero-order valence-corrected chi connectivity index (χ0v) is 14.7. The molecule has 0 amide bonds. The molecule has 1 rings (SSSR count). The van der Waals surface area contributed by atoms with Crippen LogP contribution in [0.5, 0.6) is 0 Å². The van der Waals surface area contributed by atoms with E-state index in [0.29, 0.717) is 17.8 Å². The zero-order valence-electron chi connectivity index (χ0n) is 14.7. The summed E-state index contributed by atoms with van der Waals surface area (Å²) < 4.78 is 0. The molecule has 1 aromatic heterocycles. The summed E-state index contributed by atoms with van der Waals surface area (Å²) in [6.07, 6.45) is 2.01. The molecule has 0 aromatic carbocycles. The van der Waals surface area contributed by atoms with Gasteiger partial charge in [0.15, 0.2) is 0 Å². The van der Waals surface area contributed by atoms with Crippen LogP contribution in [0.1, 0.15) is 47.1 Å². The molecule has 0 bridgehead atoms. The standard InChI is InChI=1S/C18H33N3/c1-14(2)9-19-10-17-7-8-18(20-11-17)21(12-15(3)4)13-16(5)6/h7-8,11,14-16,19H,9-10,12-13H2,1-6H3. The topological polar surface area (TPSA) is 28.2 Å². The number of nitrogens with zero attached hydrogens (tertiary/aromatic N) is 2. The van der Waals surface area contributed by atoms with E-state index >= 15 is 0 Å². The van der Waals surface area contributed by atoms with Crippen LogP contribution < -0.4 is 10.2 Å². The zero-order chi connectivity index (χ0) is 15.8. The van der Waals surface area contributed by atoms with Crippen LogP contribution in [0.25, 0.3) is 0 Å². The van der Waals surface area contributed by atoms with Crippen molar-refractivity contribution in [1.82, 2.24) is 10.3 Å². The van der Waals surface area contributed by atoms with Gasteiger partial charge < -0.3 is 10.2 Å². The lowest BCUT2D eigenvalue weighted by Gasteiger charge is -2.27. The Bertz CT molecular complexity index is 372. The Hall–Kier alpha value is -1.09. The van der Waals surface area contributed by atoms with Crippen molar-refractivity contribution in [3.05, 3.63) is 23.9 Å². The largest absolute Gasteiger partial charge is 0.356 e. The molecule has 0 radical (unpaired) electrons. The number of pyridine rings is 1. The number of hydrogen-bond acceptors (Lipinski definition) is 3. The summed E-state index contributed by atoms with van der Waals surface area (Å²) in [6.45, 7) is 17.6. The summed E-state index contributed by atoms with van der Waals surface area (Å²) in [4.78, 5) is 7.07. The van der Waals surface area contributed by atoms with E-state index in [4.69, 9.17) is 0 Å². The van der Waals surface area contributed by atoms with Gasteiger partial charge in [-0.3, -0.25) is 0 Å². The molecule has 0 aliphatic carbocycles. The summed E-state index contributed by atoms with van der Waals surface area (Å²) in [6, 6.07) is 4.36. The minimum Gasteiger partial charge on any atom is -0.356 e. The first kappa shape index (κ1) is 18.0. The average Bonchev–Trinajstić information content (AvgIpc) is 2.37. The van der Waals surface area contributed by atoms with E-state index in [2.05, 4.69) is 68.9 Å². The Morgan fingerprint density at radius 3 is 2.00 bits per heavy atom. The highest BCUT2D eigenvalue weighted by Crippen LogP contribution is 2.15. The molecule has 1 aromatic rings. The average molecular weight is 291 g/mol. The van der Waals surface area contributed by atoms with Crippen molar-refractivity contribution in [3.8, 4) is 0 Å². The number of nitrogens with one attached hydrogen (secondary N) is 1. The molecule has 3 heteroatoms. The predicted octanol–water partition coefficient (Wildman–Crippen LogP) is 3.95. The van der Waals surface area contributed by atoms with Gasteiger partial charge in [0.25, 0.3) is 0 Å². The molecule has 21 heavy (non-hydrogen) atoms. The van der Waals surface area contributed by atoms with E-state index in [-0.39, 0.29) is 0 Å². The number of aromatic nitrogens is 1. The summed E-state index contributed by atoms with van der Waals surface area (Å²) in [7, 11) is 0. The van der Waals surface area contributed by atoms with Gasteiger partial charge in [0.05, 0.1) is 0 Å². The highest BCUT2D eigenvalue weighted by atomic mass is 15.2. The normalized spacial score (nSPS) is 11.7. The predicted molar refractivity (Wildman–Crippen MR) is 92.7 cm³/mol. The molecule has 3 nitrogen and oxygen atoms in total. The van der Waals surface area contributed by atoms with Crippen molar-refractivity contribution in [1.29, 1.82) is 0 Å². The van der Waals surface area contributed by atoms with Crippen molar-refractivity contribution >= 4 is 5.82 Å². The maximum atomic E-state index is 4.67. The molecule has 120 valence electrons. The second-order valence-electron chi connectivity index (χ2n) is 7.24. The maximum Gasteiger partial charge on any atom is 0.128 e. The molecule has 0 fully saturated rings. The molecule has 0 aliphatic heterocycles. The molecule has 0 unspecified atom stereocenters. The van der Waals surface area contributed by atoms with Gasteiger partial charge in [-0.15, -0.1) is 0 Å². The SMILES string of the molecule is CC(C)CNCc1ccc(N(CC(C)C)CC(C)C)nc1. The molecule has 1 heterocycles. The van der Waals surface area contributed by atoms with Crippen LogP contribution in [0.2, 0.25) is 0 Å². The van der Waals surface area contributed by atoms with Crippen molar-refractivity contribution in [2.75, 3.05) is 24.5 Å². The Balaban J connectivity index is 2.63. The number of rotatable bonds is 9. The van der Waals surface area contributed by atoms with E-state index in [0.717, 1.165) is 32.0 Å². The second-order valence-corrected chi connectivity index (χ2v) is 7.24. The highest BCUT2D eigenvalue weighted by Gasteiger charge is 2.11. The fourth-order valence-electron chi connectivity index (χ4n) is 2.36. The third-order valence-corrected chi connectivity index (χ3v) is 3.19. The summed E-state index contributed by atoms with van der Waals surface area (Å²) in [5.41, 5.74) is 1.26. The summed E-state index contributed by atoms with van der Waals surface area (Å²) in [5.74, 6) is 3.09. The van der Waals surface area contributed by atoms with Crippen molar-refractivity contribution in [2.24, 2.45) is 17.8 Å². The van der Waals surface area contributed by atoms with Gasteiger partial charge in [-0.25, -0.2) is 4.98 Å². The van der Waals surface area contributed by atoms with E-state index in [1.807, 2.05) is 6.20 Å². The monoisotopic (exact) mass is 291 g/mol. The van der Waals surface area contributed by atoms with Gasteiger partial charge in [0, 0.05) is 25.8 Å². The Kier molecular flexibility index (Phi) is 7.73. The minimum absolute atomic E-state index is 0.651. The van der Waals surface area contributed by atoms with Crippen LogP contribution >= 0.6 is 0 Å². The minimum atomic E-state index is 0.651. The maximum absolute atomic E-state index is 4.67. The molecule has 0 saturated carbocycles. The third-order valence-electron chi connectivity index (χ3n) is 3.19. The van der Waals surface area contributed by atoms with Crippen LogP contribution in [0.4, 0.5) is 5.82 Å². The quantitative estimate of drug-likeness (QED) is 0.747. The van der Waals surface area contributed by atoms with Crippen molar-refractivity contribution in [2.45, 2.75) is 48.1 Å². The third kappa shape index (κ3) is 7.47. The first-order valence-corrected chi connectivity index (χ1v) is 8.29. The lowest BCUT2D eigenvalue weighted by Crippen LogP contribution is -2.32. The van der Waals surface area contributed by atoms with Crippen molar-refractivity contribution in [3.63, 3.8) is 0 Å². The van der Waals surface area contributed by atoms with E-state index in [9.17, 15) is 0 Å². The first-order valence-electron chi connectivity index (χ1n) is 8.29. The van der Waals surface area contributed by atoms with Crippen LogP contribution in [-0.2, 0) is 6.54 Å².